The van der Waals surface area contributed by atoms with Gasteiger partial charge >= 0.3 is 6.03 Å². The molecule has 0 saturated carbocycles. The lowest BCUT2D eigenvalue weighted by Gasteiger charge is -2.39. The summed E-state index contributed by atoms with van der Waals surface area (Å²) in [6, 6.07) is 11.7. The van der Waals surface area contributed by atoms with Crippen molar-refractivity contribution in [2.24, 2.45) is 7.05 Å². The Hall–Kier alpha value is -2.91. The Morgan fingerprint density at radius 3 is 2.76 bits per heavy atom. The quantitative estimate of drug-likeness (QED) is 0.316. The molecule has 1 saturated heterocycles. The second kappa shape index (κ2) is 10.3. The predicted octanol–water partition coefficient (Wildman–Crippen LogP) is 6.11. The molecule has 1 spiro atoms. The molecule has 0 atom stereocenters. The van der Waals surface area contributed by atoms with E-state index in [9.17, 15) is 4.79 Å². The van der Waals surface area contributed by atoms with Gasteiger partial charge < -0.3 is 5.32 Å². The summed E-state index contributed by atoms with van der Waals surface area (Å²) in [4.78, 5) is 22.5. The van der Waals surface area contributed by atoms with Crippen LogP contribution in [-0.2, 0) is 19.0 Å². The first kappa shape index (κ1) is 25.4. The van der Waals surface area contributed by atoms with Crippen LogP contribution >= 0.6 is 34.5 Å². The number of piperidine rings is 1. The van der Waals surface area contributed by atoms with Gasteiger partial charge in [0.2, 0.25) is 0 Å². The minimum atomic E-state index is -0.102. The number of thiazole rings is 1. The molecule has 2 aliphatic rings. The molecule has 1 fully saturated rings. The highest BCUT2D eigenvalue weighted by molar-refractivity contribution is 7.16. The van der Waals surface area contributed by atoms with Crippen LogP contribution < -0.4 is 10.2 Å². The summed E-state index contributed by atoms with van der Waals surface area (Å²) in [7, 11) is 1.88. The fourth-order valence-electron chi connectivity index (χ4n) is 5.66. The second-order valence-corrected chi connectivity index (χ2v) is 11.7. The molecule has 2 aromatic carbocycles. The Morgan fingerprint density at radius 1 is 1.16 bits per heavy atom. The van der Waals surface area contributed by atoms with Gasteiger partial charge in [0.15, 0.2) is 0 Å². The van der Waals surface area contributed by atoms with Crippen LogP contribution in [0, 0.1) is 0 Å². The number of aromatic nitrogens is 3. The van der Waals surface area contributed by atoms with Crippen molar-refractivity contribution < 1.29 is 4.79 Å². The molecule has 0 aliphatic carbocycles. The van der Waals surface area contributed by atoms with Crippen LogP contribution in [0.15, 0.2) is 54.2 Å². The van der Waals surface area contributed by atoms with E-state index in [4.69, 9.17) is 28.2 Å². The molecule has 2 aliphatic heterocycles. The highest BCUT2D eigenvalue weighted by Crippen LogP contribution is 2.50. The largest absolute Gasteiger partial charge is 0.332 e. The summed E-state index contributed by atoms with van der Waals surface area (Å²) in [6.07, 6.45) is 8.09. The van der Waals surface area contributed by atoms with Crippen LogP contribution in [0.25, 0.3) is 16.3 Å². The number of nitrogens with zero attached hydrogens (tertiary/aromatic N) is 5. The molecule has 2 aromatic heterocycles. The molecule has 7 nitrogen and oxygen atoms in total. The van der Waals surface area contributed by atoms with E-state index in [1.165, 1.54) is 10.3 Å². The number of hydrogen-bond acceptors (Lipinski definition) is 5. The maximum Gasteiger partial charge on any atom is 0.322 e. The molecule has 4 heterocycles. The van der Waals surface area contributed by atoms with Crippen molar-refractivity contribution in [3.63, 3.8) is 0 Å². The average molecular weight is 568 g/mol. The summed E-state index contributed by atoms with van der Waals surface area (Å²) in [5.74, 6) is 0. The topological polar surface area (TPSA) is 66.3 Å². The maximum absolute atomic E-state index is 13.4. The third-order valence-corrected chi connectivity index (χ3v) is 9.16. The molecule has 0 unspecified atom stereocenters. The molecule has 10 heteroatoms. The van der Waals surface area contributed by atoms with E-state index >= 15 is 0 Å². The van der Waals surface area contributed by atoms with E-state index in [1.807, 2.05) is 47.9 Å². The van der Waals surface area contributed by atoms with E-state index in [2.05, 4.69) is 39.6 Å². The van der Waals surface area contributed by atoms with Crippen LogP contribution in [-0.4, -0.2) is 51.9 Å². The normalized spacial score (nSPS) is 17.1. The number of nitrogens with one attached hydrogen (secondary N) is 1. The first-order valence-corrected chi connectivity index (χ1v) is 14.3. The van der Waals surface area contributed by atoms with Crippen molar-refractivity contribution >= 4 is 62.5 Å². The van der Waals surface area contributed by atoms with Crippen molar-refractivity contribution in [2.45, 2.75) is 24.8 Å². The van der Waals surface area contributed by atoms with Crippen molar-refractivity contribution in [3.8, 4) is 0 Å². The van der Waals surface area contributed by atoms with Gasteiger partial charge in [-0.3, -0.25) is 14.5 Å². The fourth-order valence-corrected chi connectivity index (χ4v) is 6.65. The van der Waals surface area contributed by atoms with Crippen molar-refractivity contribution in [1.82, 2.24) is 25.0 Å². The van der Waals surface area contributed by atoms with Crippen LogP contribution in [0.5, 0.6) is 0 Å². The van der Waals surface area contributed by atoms with E-state index in [-0.39, 0.29) is 11.4 Å². The average Bonchev–Trinajstić information content (AvgIpc) is 3.63. The molecule has 6 rings (SSSR count). The van der Waals surface area contributed by atoms with E-state index in [1.54, 1.807) is 16.0 Å². The number of aryl methyl sites for hydroxylation is 1. The molecule has 196 valence electrons. The lowest BCUT2D eigenvalue weighted by Crippen LogP contribution is -2.47. The number of carbonyl (C=O) groups excluding carboxylic acids is 1. The molecular weight excluding hydrogens is 539 g/mol. The molecule has 0 bridgehead atoms. The van der Waals surface area contributed by atoms with Crippen molar-refractivity contribution in [1.29, 1.82) is 0 Å². The minimum absolute atomic E-state index is 0.0876. The Kier molecular flexibility index (Phi) is 6.90. The third kappa shape index (κ3) is 4.82. The molecule has 2 amide bonds. The van der Waals surface area contributed by atoms with Crippen LogP contribution in [0.4, 0.5) is 10.5 Å². The monoisotopic (exact) mass is 566 g/mol. The first-order valence-electron chi connectivity index (χ1n) is 12.7. The summed E-state index contributed by atoms with van der Waals surface area (Å²) in [5.41, 5.74) is 6.94. The molecule has 0 radical (unpaired) electrons. The van der Waals surface area contributed by atoms with Crippen LogP contribution in [0.3, 0.4) is 0 Å². The van der Waals surface area contributed by atoms with Gasteiger partial charge in [-0.05, 0) is 61.8 Å². The van der Waals surface area contributed by atoms with Gasteiger partial charge in [0, 0.05) is 37.3 Å². The number of anilines is 1. The smallest absolute Gasteiger partial charge is 0.322 e. The van der Waals surface area contributed by atoms with E-state index in [0.717, 1.165) is 54.9 Å². The number of likely N-dealkylation sites (tertiary alicyclic amines) is 1. The lowest BCUT2D eigenvalue weighted by molar-refractivity contribution is 0.180. The molecular formula is C28H28Cl2N6OS. The Labute approximate surface area is 235 Å². The number of fused-ring (bicyclic) bond motifs is 4. The predicted molar refractivity (Wildman–Crippen MR) is 155 cm³/mol. The van der Waals surface area contributed by atoms with Gasteiger partial charge in [0.25, 0.3) is 0 Å². The second-order valence-electron chi connectivity index (χ2n) is 10.0. The lowest BCUT2D eigenvalue weighted by atomic mass is 9.74. The Balaban J connectivity index is 1.18. The Bertz CT molecular complexity index is 1520. The van der Waals surface area contributed by atoms with Gasteiger partial charge in [0.05, 0.1) is 43.7 Å². The number of halogens is 2. The number of amides is 2. The summed E-state index contributed by atoms with van der Waals surface area (Å²) < 4.78 is 2.92. The Morgan fingerprint density at radius 2 is 2.00 bits per heavy atom. The van der Waals surface area contributed by atoms with Crippen LogP contribution in [0.2, 0.25) is 10.0 Å². The summed E-state index contributed by atoms with van der Waals surface area (Å²) in [5, 5.41) is 8.59. The first-order chi connectivity index (χ1) is 18.4. The number of benzene rings is 2. The van der Waals surface area contributed by atoms with E-state index < -0.39 is 0 Å². The van der Waals surface area contributed by atoms with Gasteiger partial charge in [-0.25, -0.2) is 9.78 Å². The highest BCUT2D eigenvalue weighted by Gasteiger charge is 2.47. The zero-order valence-corrected chi connectivity index (χ0v) is 23.4. The third-order valence-electron chi connectivity index (χ3n) is 7.63. The summed E-state index contributed by atoms with van der Waals surface area (Å²) in [6.45, 7) is 3.83. The number of hydrogen-bond donors (Lipinski definition) is 1. The number of urea groups is 1. The van der Waals surface area contributed by atoms with Crippen molar-refractivity contribution in [2.75, 3.05) is 31.1 Å². The molecule has 4 aromatic rings. The highest BCUT2D eigenvalue weighted by atomic mass is 35.5. The van der Waals surface area contributed by atoms with Crippen LogP contribution in [0.1, 0.15) is 29.7 Å². The zero-order valence-electron chi connectivity index (χ0n) is 21.0. The minimum Gasteiger partial charge on any atom is -0.332 e. The summed E-state index contributed by atoms with van der Waals surface area (Å²) >= 11 is 13.8. The number of carbonyl (C=O) groups is 1. The van der Waals surface area contributed by atoms with E-state index in [0.29, 0.717) is 23.1 Å². The maximum atomic E-state index is 13.4. The fraction of sp³-hybridized carbons (Fsp3) is 0.321. The standard InChI is InChI=1S/C28H28Cl2N6OS/c1-34-12-8-20(33-34)16-31-27(37)36-17-28(25-23(36)6-7-24-26(25)32-18-38-24)9-13-35(14-10-28)11-2-3-19-4-5-21(29)22(30)15-19/h2-8,12,15,18H,9-11,13-14,16-17H2,1H3,(H,31,37)/b3-2+. The van der Waals surface area contributed by atoms with Gasteiger partial charge in [-0.2, -0.15) is 5.10 Å². The van der Waals surface area contributed by atoms with Gasteiger partial charge in [-0.15, -0.1) is 11.3 Å². The molecule has 1 N–H and O–H groups in total. The van der Waals surface area contributed by atoms with Gasteiger partial charge in [0.1, 0.15) is 0 Å². The number of rotatable bonds is 5. The SMILES string of the molecule is Cn1ccc(CNC(=O)N2CC3(CCN(C/C=C/c4ccc(Cl)c(Cl)c4)CC3)c3c2ccc2scnc32)n1. The molecule has 38 heavy (non-hydrogen) atoms. The zero-order chi connectivity index (χ0) is 26.3. The van der Waals surface area contributed by atoms with Crippen molar-refractivity contribution in [3.05, 3.63) is 81.0 Å². The van der Waals surface area contributed by atoms with Gasteiger partial charge in [-0.1, -0.05) is 41.4 Å².